The van der Waals surface area contributed by atoms with Gasteiger partial charge in [-0.25, -0.2) is 9.40 Å². The summed E-state index contributed by atoms with van der Waals surface area (Å²) in [5.41, 5.74) is 1.53. The predicted octanol–water partition coefficient (Wildman–Crippen LogP) is 1.97. The van der Waals surface area contributed by atoms with Gasteiger partial charge in [-0.3, -0.25) is 9.59 Å². The molecule has 2 aliphatic heterocycles. The van der Waals surface area contributed by atoms with Gasteiger partial charge in [0.25, 0.3) is 0 Å². The maximum Gasteiger partial charge on any atom is 0.248 e. The number of rotatable bonds is 4. The van der Waals surface area contributed by atoms with E-state index in [2.05, 4.69) is 5.10 Å². The summed E-state index contributed by atoms with van der Waals surface area (Å²) in [7, 11) is 1.60. The van der Waals surface area contributed by atoms with Crippen LogP contribution in [0.1, 0.15) is 31.2 Å². The number of likely N-dealkylation sites (tertiary alicyclic amines) is 1. The summed E-state index contributed by atoms with van der Waals surface area (Å²) in [6, 6.07) is 6.63. The highest BCUT2D eigenvalue weighted by molar-refractivity contribution is 6.11. The third kappa shape index (κ3) is 3.57. The minimum Gasteiger partial charge on any atom is -0.339 e. The monoisotopic (exact) mass is 317 g/mol. The molecule has 5 nitrogen and oxygen atoms in total. The molecule has 1 aromatic rings. The van der Waals surface area contributed by atoms with Crippen molar-refractivity contribution in [2.24, 2.45) is 5.10 Å². The second kappa shape index (κ2) is 6.48. The van der Waals surface area contributed by atoms with Crippen LogP contribution in [-0.4, -0.2) is 47.1 Å². The van der Waals surface area contributed by atoms with Crippen LogP contribution in [-0.2, 0) is 16.0 Å². The highest BCUT2D eigenvalue weighted by atomic mass is 19.1. The average molecular weight is 317 g/mol. The minimum atomic E-state index is -0.250. The van der Waals surface area contributed by atoms with Crippen LogP contribution in [0.25, 0.3) is 0 Å². The fourth-order valence-corrected chi connectivity index (χ4v) is 3.28. The first-order chi connectivity index (χ1) is 11.0. The largest absolute Gasteiger partial charge is 0.339 e. The molecule has 0 unspecified atom stereocenters. The first-order valence-corrected chi connectivity index (χ1v) is 7.90. The van der Waals surface area contributed by atoms with Crippen LogP contribution in [0, 0.1) is 5.82 Å². The molecule has 0 aliphatic carbocycles. The quantitative estimate of drug-likeness (QED) is 0.852. The van der Waals surface area contributed by atoms with E-state index in [1.165, 1.54) is 17.1 Å². The molecule has 1 saturated heterocycles. The van der Waals surface area contributed by atoms with E-state index < -0.39 is 0 Å². The molecule has 6 heteroatoms. The molecule has 2 amide bonds. The van der Waals surface area contributed by atoms with Crippen LogP contribution in [0.3, 0.4) is 0 Å². The standard InChI is InChI=1S/C17H20FN3O2/c1-20-16(22)10-14(19-20)11-17(23)21-7-3-6-15(21)9-12-4-2-5-13(18)8-12/h2,4-5,8,15H,3,6-7,9-11H2,1H3/t15-/m0/s1. The fraction of sp³-hybridized carbons (Fsp3) is 0.471. The molecule has 2 aliphatic rings. The maximum absolute atomic E-state index is 13.3. The Labute approximate surface area is 134 Å². The van der Waals surface area contributed by atoms with Crippen molar-refractivity contribution >= 4 is 17.5 Å². The van der Waals surface area contributed by atoms with Gasteiger partial charge >= 0.3 is 0 Å². The van der Waals surface area contributed by atoms with E-state index in [0.29, 0.717) is 12.1 Å². The lowest BCUT2D eigenvalue weighted by molar-refractivity contribution is -0.130. The first-order valence-electron chi connectivity index (χ1n) is 7.90. The van der Waals surface area contributed by atoms with Gasteiger partial charge in [-0.05, 0) is 37.0 Å². The number of carbonyl (C=O) groups is 2. The highest BCUT2D eigenvalue weighted by Gasteiger charge is 2.31. The lowest BCUT2D eigenvalue weighted by Gasteiger charge is -2.25. The molecule has 0 aromatic heterocycles. The van der Waals surface area contributed by atoms with Crippen LogP contribution >= 0.6 is 0 Å². The Bertz CT molecular complexity index is 659. The van der Waals surface area contributed by atoms with Gasteiger partial charge in [-0.15, -0.1) is 0 Å². The molecule has 0 spiro atoms. The molecule has 3 rings (SSSR count). The minimum absolute atomic E-state index is 0.00533. The van der Waals surface area contributed by atoms with Gasteiger partial charge in [0.05, 0.1) is 18.6 Å². The number of hydrazone groups is 1. The summed E-state index contributed by atoms with van der Waals surface area (Å²) in [6.45, 7) is 0.718. The summed E-state index contributed by atoms with van der Waals surface area (Å²) < 4.78 is 13.3. The van der Waals surface area contributed by atoms with Crippen LogP contribution in [0.4, 0.5) is 4.39 Å². The zero-order valence-electron chi connectivity index (χ0n) is 13.2. The second-order valence-electron chi connectivity index (χ2n) is 6.15. The van der Waals surface area contributed by atoms with Gasteiger partial charge in [0, 0.05) is 19.6 Å². The van der Waals surface area contributed by atoms with Crippen molar-refractivity contribution in [1.82, 2.24) is 9.91 Å². The first kappa shape index (κ1) is 15.6. The number of nitrogens with zero attached hydrogens (tertiary/aromatic N) is 3. The summed E-state index contributed by atoms with van der Waals surface area (Å²) >= 11 is 0. The average Bonchev–Trinajstić information content (AvgIpc) is 3.06. The highest BCUT2D eigenvalue weighted by Crippen LogP contribution is 2.23. The van der Waals surface area contributed by atoms with Gasteiger partial charge in [-0.1, -0.05) is 12.1 Å². The van der Waals surface area contributed by atoms with E-state index in [0.717, 1.165) is 24.9 Å². The predicted molar refractivity (Wildman–Crippen MR) is 84.3 cm³/mol. The molecule has 2 heterocycles. The van der Waals surface area contributed by atoms with Crippen LogP contribution < -0.4 is 0 Å². The molecule has 0 bridgehead atoms. The van der Waals surface area contributed by atoms with Gasteiger partial charge in [0.2, 0.25) is 11.8 Å². The molecule has 0 radical (unpaired) electrons. The Morgan fingerprint density at radius 1 is 1.43 bits per heavy atom. The third-order valence-electron chi connectivity index (χ3n) is 4.42. The van der Waals surface area contributed by atoms with E-state index in [1.54, 1.807) is 13.1 Å². The molecular weight excluding hydrogens is 297 g/mol. The number of halogens is 1. The molecular formula is C17H20FN3O2. The van der Waals surface area contributed by atoms with Crippen molar-refractivity contribution in [3.05, 3.63) is 35.6 Å². The molecule has 0 saturated carbocycles. The van der Waals surface area contributed by atoms with Crippen molar-refractivity contribution in [2.45, 2.75) is 38.1 Å². The van der Waals surface area contributed by atoms with Gasteiger partial charge in [-0.2, -0.15) is 5.10 Å². The topological polar surface area (TPSA) is 53.0 Å². The Kier molecular flexibility index (Phi) is 4.41. The zero-order chi connectivity index (χ0) is 16.4. The van der Waals surface area contributed by atoms with E-state index in [1.807, 2.05) is 11.0 Å². The van der Waals surface area contributed by atoms with Gasteiger partial charge < -0.3 is 4.90 Å². The Morgan fingerprint density at radius 2 is 2.26 bits per heavy atom. The van der Waals surface area contributed by atoms with E-state index in [-0.39, 0.29) is 36.5 Å². The Morgan fingerprint density at radius 3 is 2.96 bits per heavy atom. The van der Waals surface area contributed by atoms with Crippen molar-refractivity contribution in [3.63, 3.8) is 0 Å². The van der Waals surface area contributed by atoms with Crippen LogP contribution in [0.5, 0.6) is 0 Å². The van der Waals surface area contributed by atoms with Crippen molar-refractivity contribution in [2.75, 3.05) is 13.6 Å². The normalized spacial score (nSPS) is 21.0. The Hall–Kier alpha value is -2.24. The lowest BCUT2D eigenvalue weighted by Crippen LogP contribution is -2.37. The molecule has 122 valence electrons. The summed E-state index contributed by atoms with van der Waals surface area (Å²) in [4.78, 5) is 25.9. The smallest absolute Gasteiger partial charge is 0.248 e. The molecule has 23 heavy (non-hydrogen) atoms. The molecule has 1 aromatic carbocycles. The van der Waals surface area contributed by atoms with Crippen molar-refractivity contribution < 1.29 is 14.0 Å². The van der Waals surface area contributed by atoms with Crippen LogP contribution in [0.15, 0.2) is 29.4 Å². The molecule has 0 N–H and O–H groups in total. The van der Waals surface area contributed by atoms with Gasteiger partial charge in [0.15, 0.2) is 0 Å². The number of amides is 2. The number of hydrogen-bond donors (Lipinski definition) is 0. The summed E-state index contributed by atoms with van der Waals surface area (Å²) in [5.74, 6) is -0.323. The molecule has 1 fully saturated rings. The Balaban J connectivity index is 1.63. The van der Waals surface area contributed by atoms with Crippen molar-refractivity contribution in [3.8, 4) is 0 Å². The van der Waals surface area contributed by atoms with E-state index >= 15 is 0 Å². The number of carbonyl (C=O) groups excluding carboxylic acids is 2. The lowest BCUT2D eigenvalue weighted by atomic mass is 10.0. The second-order valence-corrected chi connectivity index (χ2v) is 6.15. The fourth-order valence-electron chi connectivity index (χ4n) is 3.28. The number of benzene rings is 1. The van der Waals surface area contributed by atoms with E-state index in [9.17, 15) is 14.0 Å². The molecule has 1 atom stereocenters. The zero-order valence-corrected chi connectivity index (χ0v) is 13.2. The van der Waals surface area contributed by atoms with Crippen molar-refractivity contribution in [1.29, 1.82) is 0 Å². The van der Waals surface area contributed by atoms with E-state index in [4.69, 9.17) is 0 Å². The third-order valence-corrected chi connectivity index (χ3v) is 4.42. The van der Waals surface area contributed by atoms with Gasteiger partial charge in [0.1, 0.15) is 5.82 Å². The maximum atomic E-state index is 13.3. The summed E-state index contributed by atoms with van der Waals surface area (Å²) in [6.07, 6.45) is 2.96. The number of hydrogen-bond acceptors (Lipinski definition) is 3. The van der Waals surface area contributed by atoms with Crippen LogP contribution in [0.2, 0.25) is 0 Å². The summed E-state index contributed by atoms with van der Waals surface area (Å²) in [5, 5.41) is 5.39. The SMILES string of the molecule is CN1N=C(CC(=O)N2CCC[C@H]2Cc2cccc(F)c2)CC1=O.